The molecule has 12 nitrogen and oxygen atoms in total. The first-order chi connectivity index (χ1) is 12.8. The number of aromatic nitrogens is 4. The molecule has 12 heteroatoms. The molecule has 0 unspecified atom stereocenters. The molecule has 2 aliphatic rings. The van der Waals surface area contributed by atoms with E-state index in [1.54, 1.807) is 0 Å². The molecule has 4 rings (SSSR count). The highest BCUT2D eigenvalue weighted by molar-refractivity contribution is 6.02. The van der Waals surface area contributed by atoms with Crippen molar-refractivity contribution in [1.82, 2.24) is 33.8 Å². The molecule has 2 fully saturated rings. The quantitative estimate of drug-likeness (QED) is 0.577. The maximum absolute atomic E-state index is 12.5. The molecule has 0 saturated carbocycles. The number of hydrogen-bond donors (Lipinski definition) is 1. The summed E-state index contributed by atoms with van der Waals surface area (Å²) >= 11 is 0. The summed E-state index contributed by atoms with van der Waals surface area (Å²) < 4.78 is 3.61. The Labute approximate surface area is 151 Å². The number of rotatable bonds is 3. The van der Waals surface area contributed by atoms with Crippen LogP contribution in [0.2, 0.25) is 0 Å². The van der Waals surface area contributed by atoms with Crippen LogP contribution >= 0.6 is 0 Å². The molecule has 0 spiro atoms. The standard InChI is InChI=1S/C15H17N7O5/c1-18-12-11(13(25)19(2)15(18)27)21(7-17-12)6-10(24)20-4-8(5-20)22-9(23)3-16-14(22)26/h7-8H,3-6H2,1-2H3,(H,16,26). The Morgan fingerprint density at radius 1 is 1.19 bits per heavy atom. The lowest BCUT2D eigenvalue weighted by Crippen LogP contribution is -2.63. The normalized spacial score (nSPS) is 17.6. The van der Waals surface area contributed by atoms with E-state index in [1.165, 1.54) is 34.5 Å². The van der Waals surface area contributed by atoms with E-state index in [0.29, 0.717) is 0 Å². The minimum atomic E-state index is -0.528. The maximum Gasteiger partial charge on any atom is 0.332 e. The van der Waals surface area contributed by atoms with Gasteiger partial charge in [0.25, 0.3) is 5.56 Å². The molecular formula is C15H17N7O5. The zero-order chi connectivity index (χ0) is 19.5. The van der Waals surface area contributed by atoms with Crippen molar-refractivity contribution in [2.45, 2.75) is 12.6 Å². The molecule has 0 bridgehead atoms. The number of likely N-dealkylation sites (tertiary alicyclic amines) is 1. The summed E-state index contributed by atoms with van der Waals surface area (Å²) in [6, 6.07) is -0.778. The molecule has 0 atom stereocenters. The number of hydrogen-bond acceptors (Lipinski definition) is 6. The highest BCUT2D eigenvalue weighted by atomic mass is 16.2. The first-order valence-electron chi connectivity index (χ1n) is 8.28. The van der Waals surface area contributed by atoms with Gasteiger partial charge in [-0.05, 0) is 0 Å². The Morgan fingerprint density at radius 3 is 2.52 bits per heavy atom. The predicted molar refractivity (Wildman–Crippen MR) is 90.8 cm³/mol. The van der Waals surface area contributed by atoms with E-state index in [0.717, 1.165) is 9.47 Å². The summed E-state index contributed by atoms with van der Waals surface area (Å²) in [6.45, 7) is 0.353. The van der Waals surface area contributed by atoms with Gasteiger partial charge in [0.2, 0.25) is 11.8 Å². The van der Waals surface area contributed by atoms with E-state index < -0.39 is 17.3 Å². The van der Waals surface area contributed by atoms with Crippen LogP contribution in [0.3, 0.4) is 0 Å². The summed E-state index contributed by atoms with van der Waals surface area (Å²) in [5.74, 6) is -0.573. The van der Waals surface area contributed by atoms with Crippen LogP contribution in [0.15, 0.2) is 15.9 Å². The fourth-order valence-electron chi connectivity index (χ4n) is 3.39. The van der Waals surface area contributed by atoms with E-state index >= 15 is 0 Å². The topological polar surface area (TPSA) is 132 Å². The van der Waals surface area contributed by atoms with Crippen molar-refractivity contribution in [2.75, 3.05) is 19.6 Å². The molecule has 2 aliphatic heterocycles. The van der Waals surface area contributed by atoms with Gasteiger partial charge in [0.15, 0.2) is 11.2 Å². The van der Waals surface area contributed by atoms with Crippen LogP contribution in [-0.2, 0) is 30.2 Å². The van der Waals surface area contributed by atoms with Gasteiger partial charge < -0.3 is 14.8 Å². The van der Waals surface area contributed by atoms with Crippen molar-refractivity contribution in [3.05, 3.63) is 27.2 Å². The van der Waals surface area contributed by atoms with Gasteiger partial charge >= 0.3 is 11.7 Å². The van der Waals surface area contributed by atoms with Crippen LogP contribution in [0, 0.1) is 0 Å². The minimum absolute atomic E-state index is 0.0215. The predicted octanol–water partition coefficient (Wildman–Crippen LogP) is -2.80. The van der Waals surface area contributed by atoms with Crippen LogP contribution in [0.25, 0.3) is 11.2 Å². The molecule has 0 radical (unpaired) electrons. The van der Waals surface area contributed by atoms with Gasteiger partial charge in [-0.25, -0.2) is 14.6 Å². The lowest BCUT2D eigenvalue weighted by Gasteiger charge is -2.42. The Kier molecular flexibility index (Phi) is 3.64. The highest BCUT2D eigenvalue weighted by Crippen LogP contribution is 2.18. The SMILES string of the molecule is Cn1c(=O)c2c(ncn2CC(=O)N2CC(N3C(=O)CNC3=O)C2)n(C)c1=O. The molecule has 142 valence electrons. The van der Waals surface area contributed by atoms with Gasteiger partial charge in [-0.3, -0.25) is 28.4 Å². The van der Waals surface area contributed by atoms with Crippen molar-refractivity contribution in [2.24, 2.45) is 14.1 Å². The number of carbonyl (C=O) groups is 3. The largest absolute Gasteiger partial charge is 0.337 e. The highest BCUT2D eigenvalue weighted by Gasteiger charge is 2.42. The molecule has 2 saturated heterocycles. The third-order valence-electron chi connectivity index (χ3n) is 4.98. The number of aryl methyl sites for hydroxylation is 1. The van der Waals surface area contributed by atoms with E-state index in [1.807, 2.05) is 0 Å². The second-order valence-corrected chi connectivity index (χ2v) is 6.63. The fraction of sp³-hybridized carbons (Fsp3) is 0.467. The van der Waals surface area contributed by atoms with Crippen molar-refractivity contribution >= 4 is 29.0 Å². The second-order valence-electron chi connectivity index (χ2n) is 6.63. The molecule has 4 amide bonds. The van der Waals surface area contributed by atoms with Crippen molar-refractivity contribution in [3.8, 4) is 0 Å². The first-order valence-corrected chi connectivity index (χ1v) is 8.28. The van der Waals surface area contributed by atoms with Crippen LogP contribution in [0.5, 0.6) is 0 Å². The minimum Gasteiger partial charge on any atom is -0.337 e. The molecule has 27 heavy (non-hydrogen) atoms. The Balaban J connectivity index is 1.52. The Bertz CT molecular complexity index is 1090. The van der Waals surface area contributed by atoms with Crippen LogP contribution < -0.4 is 16.6 Å². The van der Waals surface area contributed by atoms with E-state index in [9.17, 15) is 24.0 Å². The molecule has 0 aromatic carbocycles. The maximum atomic E-state index is 12.5. The molecule has 4 heterocycles. The van der Waals surface area contributed by atoms with Crippen molar-refractivity contribution in [1.29, 1.82) is 0 Å². The number of urea groups is 1. The summed E-state index contributed by atoms with van der Waals surface area (Å²) in [4.78, 5) is 66.9. The van der Waals surface area contributed by atoms with Gasteiger partial charge in [0, 0.05) is 27.2 Å². The number of nitrogens with one attached hydrogen (secondary N) is 1. The van der Waals surface area contributed by atoms with Gasteiger partial charge in [0.1, 0.15) is 6.54 Å². The second kappa shape index (κ2) is 5.79. The number of amides is 4. The molecule has 2 aromatic rings. The average Bonchev–Trinajstić information content (AvgIpc) is 3.15. The Morgan fingerprint density at radius 2 is 1.89 bits per heavy atom. The number of fused-ring (bicyclic) bond motifs is 1. The summed E-state index contributed by atoms with van der Waals surface area (Å²) in [7, 11) is 2.86. The van der Waals surface area contributed by atoms with Crippen molar-refractivity contribution in [3.63, 3.8) is 0 Å². The lowest BCUT2D eigenvalue weighted by molar-refractivity contribution is -0.142. The first kappa shape index (κ1) is 17.0. The summed E-state index contributed by atoms with van der Waals surface area (Å²) in [6.07, 6.45) is 1.35. The zero-order valence-corrected chi connectivity index (χ0v) is 14.7. The fourth-order valence-corrected chi connectivity index (χ4v) is 3.39. The van der Waals surface area contributed by atoms with E-state index in [4.69, 9.17) is 0 Å². The molecular weight excluding hydrogens is 358 g/mol. The van der Waals surface area contributed by atoms with Gasteiger partial charge in [-0.15, -0.1) is 0 Å². The third kappa shape index (κ3) is 2.44. The smallest absolute Gasteiger partial charge is 0.332 e. The molecule has 1 N–H and O–H groups in total. The third-order valence-corrected chi connectivity index (χ3v) is 4.98. The number of nitrogens with zero attached hydrogens (tertiary/aromatic N) is 6. The van der Waals surface area contributed by atoms with Crippen LogP contribution in [0.1, 0.15) is 0 Å². The van der Waals surface area contributed by atoms with E-state index in [-0.39, 0.29) is 55.2 Å². The number of imidazole rings is 1. The van der Waals surface area contributed by atoms with Crippen LogP contribution in [-0.4, -0.2) is 72.0 Å². The molecule has 2 aromatic heterocycles. The summed E-state index contributed by atoms with van der Waals surface area (Å²) in [5.41, 5.74) is -0.654. The average molecular weight is 375 g/mol. The summed E-state index contributed by atoms with van der Waals surface area (Å²) in [5, 5.41) is 2.45. The van der Waals surface area contributed by atoms with Gasteiger partial charge in [0.05, 0.1) is 18.9 Å². The Hall–Kier alpha value is -3.44. The number of carbonyl (C=O) groups excluding carboxylic acids is 3. The zero-order valence-electron chi connectivity index (χ0n) is 14.7. The van der Waals surface area contributed by atoms with Crippen molar-refractivity contribution < 1.29 is 14.4 Å². The van der Waals surface area contributed by atoms with Crippen LogP contribution in [0.4, 0.5) is 4.79 Å². The van der Waals surface area contributed by atoms with Gasteiger partial charge in [-0.2, -0.15) is 0 Å². The molecule has 0 aliphatic carbocycles. The lowest BCUT2D eigenvalue weighted by atomic mass is 10.1. The van der Waals surface area contributed by atoms with E-state index in [2.05, 4.69) is 10.3 Å². The monoisotopic (exact) mass is 375 g/mol. The number of imide groups is 1. The van der Waals surface area contributed by atoms with Gasteiger partial charge in [-0.1, -0.05) is 0 Å².